The van der Waals surface area contributed by atoms with E-state index >= 15 is 0 Å². The van der Waals surface area contributed by atoms with Crippen molar-refractivity contribution in [3.8, 4) is 0 Å². The molecule has 0 bridgehead atoms. The third-order valence-electron chi connectivity index (χ3n) is 3.27. The van der Waals surface area contributed by atoms with Gasteiger partial charge in [-0.2, -0.15) is 5.10 Å². The number of rotatable bonds is 2. The molecule has 1 aromatic rings. The molecule has 2 heterocycles. The van der Waals surface area contributed by atoms with Crippen LogP contribution in [0, 0.1) is 0 Å². The summed E-state index contributed by atoms with van der Waals surface area (Å²) in [6.07, 6.45) is 3.49. The maximum atomic E-state index is 14.0. The van der Waals surface area contributed by atoms with E-state index < -0.39 is 11.5 Å². The normalized spacial score (nSPS) is 29.7. The third-order valence-corrected chi connectivity index (χ3v) is 3.27. The molecule has 0 aromatic carbocycles. The summed E-state index contributed by atoms with van der Waals surface area (Å²) in [5.41, 5.74) is 6.05. The molecule has 1 fully saturated rings. The summed E-state index contributed by atoms with van der Waals surface area (Å²) in [5.74, 6) is 0.404. The number of aromatic amines is 1. The van der Waals surface area contributed by atoms with Crippen molar-refractivity contribution in [3.63, 3.8) is 0 Å². The SMILES string of the molecule is CN=C1NC=C(F)C(N)(c2cc(C3CC3)[nH]n2)N1. The van der Waals surface area contributed by atoms with Crippen molar-refractivity contribution in [2.24, 2.45) is 10.7 Å². The lowest BCUT2D eigenvalue weighted by Crippen LogP contribution is -2.59. The topological polar surface area (TPSA) is 91.1 Å². The molecule has 96 valence electrons. The minimum absolute atomic E-state index is 0.412. The van der Waals surface area contributed by atoms with Gasteiger partial charge in [-0.25, -0.2) is 4.39 Å². The molecule has 1 aliphatic heterocycles. The minimum atomic E-state index is -1.45. The zero-order chi connectivity index (χ0) is 12.8. The number of halogens is 1. The van der Waals surface area contributed by atoms with E-state index in [2.05, 4.69) is 25.8 Å². The van der Waals surface area contributed by atoms with Crippen LogP contribution in [0.4, 0.5) is 4.39 Å². The molecule has 1 atom stereocenters. The molecule has 1 unspecified atom stereocenters. The summed E-state index contributed by atoms with van der Waals surface area (Å²) in [4.78, 5) is 3.92. The van der Waals surface area contributed by atoms with E-state index in [4.69, 9.17) is 5.73 Å². The number of guanidine groups is 1. The molecule has 7 heteroatoms. The predicted molar refractivity (Wildman–Crippen MR) is 65.2 cm³/mol. The van der Waals surface area contributed by atoms with Crippen LogP contribution >= 0.6 is 0 Å². The van der Waals surface area contributed by atoms with E-state index in [9.17, 15) is 4.39 Å². The van der Waals surface area contributed by atoms with Crippen LogP contribution in [0.5, 0.6) is 0 Å². The van der Waals surface area contributed by atoms with Crippen molar-refractivity contribution in [2.75, 3.05) is 7.05 Å². The number of nitrogens with one attached hydrogen (secondary N) is 3. The second kappa shape index (κ2) is 3.81. The van der Waals surface area contributed by atoms with Gasteiger partial charge in [0.05, 0.1) is 0 Å². The maximum absolute atomic E-state index is 14.0. The molecule has 18 heavy (non-hydrogen) atoms. The first kappa shape index (κ1) is 11.2. The molecule has 3 rings (SSSR count). The minimum Gasteiger partial charge on any atom is -0.330 e. The lowest BCUT2D eigenvalue weighted by molar-refractivity contribution is 0.357. The Morgan fingerprint density at radius 3 is 3.00 bits per heavy atom. The molecule has 1 aromatic heterocycles. The van der Waals surface area contributed by atoms with Gasteiger partial charge in [0, 0.05) is 24.9 Å². The second-order valence-corrected chi connectivity index (χ2v) is 4.62. The fourth-order valence-corrected chi connectivity index (χ4v) is 1.98. The molecule has 0 amide bonds. The predicted octanol–water partition coefficient (Wildman–Crippen LogP) is 0.388. The summed E-state index contributed by atoms with van der Waals surface area (Å²) in [7, 11) is 1.59. The first-order chi connectivity index (χ1) is 8.63. The lowest BCUT2D eigenvalue weighted by Gasteiger charge is -2.32. The molecule has 0 saturated heterocycles. The van der Waals surface area contributed by atoms with Crippen molar-refractivity contribution in [2.45, 2.75) is 24.4 Å². The molecule has 6 nitrogen and oxygen atoms in total. The van der Waals surface area contributed by atoms with Gasteiger partial charge in [0.25, 0.3) is 0 Å². The first-order valence-corrected chi connectivity index (χ1v) is 5.86. The first-order valence-electron chi connectivity index (χ1n) is 5.86. The van der Waals surface area contributed by atoms with Gasteiger partial charge in [0.1, 0.15) is 5.69 Å². The van der Waals surface area contributed by atoms with Crippen molar-refractivity contribution in [1.82, 2.24) is 20.8 Å². The third kappa shape index (κ3) is 1.67. The largest absolute Gasteiger partial charge is 0.330 e. The number of hydrogen-bond acceptors (Lipinski definition) is 3. The van der Waals surface area contributed by atoms with Crippen LogP contribution in [-0.4, -0.2) is 23.2 Å². The van der Waals surface area contributed by atoms with Crippen LogP contribution in [0.25, 0.3) is 0 Å². The van der Waals surface area contributed by atoms with Crippen LogP contribution in [-0.2, 0) is 5.66 Å². The Kier molecular flexibility index (Phi) is 2.37. The smallest absolute Gasteiger partial charge is 0.197 e. The fraction of sp³-hybridized carbons (Fsp3) is 0.455. The molecule has 0 spiro atoms. The van der Waals surface area contributed by atoms with Crippen molar-refractivity contribution >= 4 is 5.96 Å². The van der Waals surface area contributed by atoms with Gasteiger partial charge in [-0.15, -0.1) is 0 Å². The van der Waals surface area contributed by atoms with Crippen LogP contribution in [0.2, 0.25) is 0 Å². The summed E-state index contributed by atoms with van der Waals surface area (Å²) in [6.45, 7) is 0. The molecular formula is C11H15FN6. The Bertz CT molecular complexity index is 529. The molecule has 1 aliphatic carbocycles. The van der Waals surface area contributed by atoms with Gasteiger partial charge >= 0.3 is 0 Å². The van der Waals surface area contributed by atoms with E-state index in [0.717, 1.165) is 18.5 Å². The van der Waals surface area contributed by atoms with E-state index in [-0.39, 0.29) is 0 Å². The zero-order valence-corrected chi connectivity index (χ0v) is 10.00. The van der Waals surface area contributed by atoms with Gasteiger partial charge < -0.3 is 10.6 Å². The summed E-state index contributed by atoms with van der Waals surface area (Å²) < 4.78 is 14.0. The highest BCUT2D eigenvalue weighted by Crippen LogP contribution is 2.40. The van der Waals surface area contributed by atoms with E-state index in [1.807, 2.05) is 6.07 Å². The molecule has 1 saturated carbocycles. The number of nitrogens with two attached hydrogens (primary N) is 1. The highest BCUT2D eigenvalue weighted by atomic mass is 19.1. The van der Waals surface area contributed by atoms with Crippen LogP contribution in [0.3, 0.4) is 0 Å². The Morgan fingerprint density at radius 1 is 1.56 bits per heavy atom. The summed E-state index contributed by atoms with van der Waals surface area (Å²) >= 11 is 0. The average Bonchev–Trinajstić information content (AvgIpc) is 3.10. The second-order valence-electron chi connectivity index (χ2n) is 4.62. The number of aliphatic imine (C=N–C) groups is 1. The van der Waals surface area contributed by atoms with Gasteiger partial charge in [0.15, 0.2) is 17.4 Å². The van der Waals surface area contributed by atoms with E-state index in [1.54, 1.807) is 7.05 Å². The molecule has 0 radical (unpaired) electrons. The number of hydrogen-bond donors (Lipinski definition) is 4. The number of H-pyrrole nitrogens is 1. The van der Waals surface area contributed by atoms with Gasteiger partial charge in [-0.05, 0) is 18.9 Å². The number of aromatic nitrogens is 2. The average molecular weight is 250 g/mol. The molecular weight excluding hydrogens is 235 g/mol. The van der Waals surface area contributed by atoms with Gasteiger partial charge in [-0.1, -0.05) is 0 Å². The summed E-state index contributed by atoms with van der Waals surface area (Å²) in [5, 5.41) is 12.5. The molecule has 5 N–H and O–H groups in total. The van der Waals surface area contributed by atoms with Crippen LogP contribution in [0.1, 0.15) is 30.1 Å². The highest BCUT2D eigenvalue weighted by Gasteiger charge is 2.40. The van der Waals surface area contributed by atoms with Gasteiger partial charge in [-0.3, -0.25) is 15.8 Å². The monoisotopic (exact) mass is 250 g/mol. The van der Waals surface area contributed by atoms with E-state index in [0.29, 0.717) is 17.6 Å². The van der Waals surface area contributed by atoms with Crippen molar-refractivity contribution in [3.05, 3.63) is 29.5 Å². The summed E-state index contributed by atoms with van der Waals surface area (Å²) in [6, 6.07) is 1.82. The Morgan fingerprint density at radius 2 is 2.33 bits per heavy atom. The Labute approximate surface area is 104 Å². The number of nitrogens with zero attached hydrogens (tertiary/aromatic N) is 2. The van der Waals surface area contributed by atoms with E-state index in [1.165, 1.54) is 6.20 Å². The Balaban J connectivity index is 1.96. The van der Waals surface area contributed by atoms with Crippen LogP contribution in [0.15, 0.2) is 23.1 Å². The van der Waals surface area contributed by atoms with Crippen molar-refractivity contribution in [1.29, 1.82) is 0 Å². The lowest BCUT2D eigenvalue weighted by atomic mass is 10.0. The molecule has 2 aliphatic rings. The quantitative estimate of drug-likeness (QED) is 0.611. The highest BCUT2D eigenvalue weighted by molar-refractivity contribution is 5.83. The van der Waals surface area contributed by atoms with Crippen LogP contribution < -0.4 is 16.4 Å². The maximum Gasteiger partial charge on any atom is 0.197 e. The van der Waals surface area contributed by atoms with Crippen molar-refractivity contribution < 1.29 is 4.39 Å². The fourth-order valence-electron chi connectivity index (χ4n) is 1.98. The van der Waals surface area contributed by atoms with Gasteiger partial charge in [0.2, 0.25) is 0 Å². The standard InChI is InChI=1S/C11H15FN6/c1-14-10-15-5-8(12)11(13,16-10)9-4-7(17-18-9)6-2-3-6/h4-6H,2-3,13H2,1H3,(H,17,18)(H2,14,15,16). The zero-order valence-electron chi connectivity index (χ0n) is 10.00. The Hall–Kier alpha value is -1.89.